The molecule has 1 atom stereocenters. The van der Waals surface area contributed by atoms with Crippen molar-refractivity contribution < 1.29 is 9.21 Å². The standard InChI is InChI=1S/C12H19N3O2/c1-3-9-7-13-10(17-9)8-14-11(16)12(2)5-4-6-15-12/h7,15H,3-6,8H2,1-2H3,(H,14,16). The first-order valence-corrected chi connectivity index (χ1v) is 6.11. The van der Waals surface area contributed by atoms with Gasteiger partial charge in [0.2, 0.25) is 11.8 Å². The third-order valence-corrected chi connectivity index (χ3v) is 3.22. The van der Waals surface area contributed by atoms with Crippen molar-refractivity contribution in [3.63, 3.8) is 0 Å². The van der Waals surface area contributed by atoms with Crippen LogP contribution >= 0.6 is 0 Å². The van der Waals surface area contributed by atoms with Gasteiger partial charge in [-0.25, -0.2) is 4.98 Å². The second kappa shape index (κ2) is 4.87. The lowest BCUT2D eigenvalue weighted by Gasteiger charge is -2.22. The number of oxazole rings is 1. The minimum absolute atomic E-state index is 0.0197. The molecule has 94 valence electrons. The highest BCUT2D eigenvalue weighted by molar-refractivity contribution is 5.86. The second-order valence-corrected chi connectivity index (χ2v) is 4.62. The molecule has 2 N–H and O–H groups in total. The molecule has 0 saturated carbocycles. The molecule has 17 heavy (non-hydrogen) atoms. The first-order chi connectivity index (χ1) is 8.14. The fourth-order valence-electron chi connectivity index (χ4n) is 2.03. The van der Waals surface area contributed by atoms with Gasteiger partial charge in [0.15, 0.2) is 0 Å². The van der Waals surface area contributed by atoms with Gasteiger partial charge in [0.25, 0.3) is 0 Å². The predicted octanol–water partition coefficient (Wildman–Crippen LogP) is 0.995. The van der Waals surface area contributed by atoms with E-state index in [0.717, 1.165) is 31.6 Å². The van der Waals surface area contributed by atoms with Crippen LogP contribution < -0.4 is 10.6 Å². The van der Waals surface area contributed by atoms with E-state index < -0.39 is 5.54 Å². The SMILES string of the molecule is CCc1cnc(CNC(=O)C2(C)CCCN2)o1. The number of aromatic nitrogens is 1. The van der Waals surface area contributed by atoms with Crippen molar-refractivity contribution in [1.29, 1.82) is 0 Å². The van der Waals surface area contributed by atoms with E-state index in [2.05, 4.69) is 15.6 Å². The third kappa shape index (κ3) is 2.66. The molecule has 1 saturated heterocycles. The quantitative estimate of drug-likeness (QED) is 0.819. The second-order valence-electron chi connectivity index (χ2n) is 4.62. The van der Waals surface area contributed by atoms with Gasteiger partial charge in [-0.1, -0.05) is 6.92 Å². The number of rotatable bonds is 4. The molecule has 5 heteroatoms. The monoisotopic (exact) mass is 237 g/mol. The number of hydrogen-bond donors (Lipinski definition) is 2. The van der Waals surface area contributed by atoms with Crippen LogP contribution in [0.15, 0.2) is 10.6 Å². The Kier molecular flexibility index (Phi) is 3.47. The van der Waals surface area contributed by atoms with Crippen LogP contribution in [0.4, 0.5) is 0 Å². The highest BCUT2D eigenvalue weighted by Crippen LogP contribution is 2.18. The van der Waals surface area contributed by atoms with E-state index in [9.17, 15) is 4.79 Å². The van der Waals surface area contributed by atoms with E-state index in [0.29, 0.717) is 12.4 Å². The molecule has 1 aliphatic heterocycles. The van der Waals surface area contributed by atoms with Gasteiger partial charge in [-0.2, -0.15) is 0 Å². The first-order valence-electron chi connectivity index (χ1n) is 6.11. The molecular formula is C12H19N3O2. The number of hydrogen-bond acceptors (Lipinski definition) is 4. The molecule has 1 fully saturated rings. The van der Waals surface area contributed by atoms with Gasteiger partial charge in [0, 0.05) is 6.42 Å². The van der Waals surface area contributed by atoms with Crippen molar-refractivity contribution in [2.45, 2.75) is 45.2 Å². The van der Waals surface area contributed by atoms with E-state index in [1.165, 1.54) is 0 Å². The molecule has 0 bridgehead atoms. The Morgan fingerprint density at radius 1 is 1.71 bits per heavy atom. The topological polar surface area (TPSA) is 67.2 Å². The predicted molar refractivity (Wildman–Crippen MR) is 63.4 cm³/mol. The molecule has 5 nitrogen and oxygen atoms in total. The van der Waals surface area contributed by atoms with Crippen LogP contribution in [-0.4, -0.2) is 23.0 Å². The minimum atomic E-state index is -0.430. The molecular weight excluding hydrogens is 218 g/mol. The Bertz CT molecular complexity index is 394. The van der Waals surface area contributed by atoms with Crippen LogP contribution in [0, 0.1) is 0 Å². The van der Waals surface area contributed by atoms with Gasteiger partial charge in [-0.05, 0) is 26.3 Å². The van der Waals surface area contributed by atoms with Crippen molar-refractivity contribution in [1.82, 2.24) is 15.6 Å². The molecule has 1 aromatic rings. The Hall–Kier alpha value is -1.36. The fraction of sp³-hybridized carbons (Fsp3) is 0.667. The fourth-order valence-corrected chi connectivity index (χ4v) is 2.03. The molecule has 1 amide bonds. The summed E-state index contributed by atoms with van der Waals surface area (Å²) in [5.74, 6) is 1.43. The van der Waals surface area contributed by atoms with Crippen LogP contribution in [0.2, 0.25) is 0 Å². The number of carbonyl (C=O) groups is 1. The van der Waals surface area contributed by atoms with Crippen LogP contribution in [0.3, 0.4) is 0 Å². The third-order valence-electron chi connectivity index (χ3n) is 3.22. The van der Waals surface area contributed by atoms with Crippen LogP contribution in [0.1, 0.15) is 38.3 Å². The van der Waals surface area contributed by atoms with Crippen molar-refractivity contribution in [3.05, 3.63) is 17.8 Å². The Balaban J connectivity index is 1.87. The summed E-state index contributed by atoms with van der Waals surface area (Å²) in [6.07, 6.45) is 4.45. The van der Waals surface area contributed by atoms with Crippen LogP contribution in [0.25, 0.3) is 0 Å². The lowest BCUT2D eigenvalue weighted by atomic mass is 9.99. The van der Waals surface area contributed by atoms with E-state index in [-0.39, 0.29) is 5.91 Å². The van der Waals surface area contributed by atoms with Gasteiger partial charge in [-0.3, -0.25) is 4.79 Å². The molecule has 0 radical (unpaired) electrons. The summed E-state index contributed by atoms with van der Waals surface area (Å²) >= 11 is 0. The number of amides is 1. The maximum absolute atomic E-state index is 12.0. The van der Waals surface area contributed by atoms with Crippen LogP contribution in [-0.2, 0) is 17.8 Å². The lowest BCUT2D eigenvalue weighted by Crippen LogP contribution is -2.50. The largest absolute Gasteiger partial charge is 0.444 e. The van der Waals surface area contributed by atoms with E-state index >= 15 is 0 Å². The first kappa shape index (κ1) is 12.1. The summed E-state index contributed by atoms with van der Waals surface area (Å²) in [6, 6.07) is 0. The summed E-state index contributed by atoms with van der Waals surface area (Å²) in [6.45, 7) is 5.20. The molecule has 1 aromatic heterocycles. The molecule has 1 unspecified atom stereocenters. The zero-order valence-corrected chi connectivity index (χ0v) is 10.4. The van der Waals surface area contributed by atoms with Gasteiger partial charge in [0.1, 0.15) is 5.76 Å². The summed E-state index contributed by atoms with van der Waals surface area (Å²) in [4.78, 5) is 16.1. The summed E-state index contributed by atoms with van der Waals surface area (Å²) in [5, 5.41) is 6.08. The summed E-state index contributed by atoms with van der Waals surface area (Å²) in [7, 11) is 0. The zero-order valence-electron chi connectivity index (χ0n) is 10.4. The number of nitrogens with zero attached hydrogens (tertiary/aromatic N) is 1. The molecule has 1 aliphatic rings. The average molecular weight is 237 g/mol. The lowest BCUT2D eigenvalue weighted by molar-refractivity contribution is -0.126. The maximum Gasteiger partial charge on any atom is 0.240 e. The molecule has 2 rings (SSSR count). The van der Waals surface area contributed by atoms with E-state index in [4.69, 9.17) is 4.42 Å². The number of aryl methyl sites for hydroxylation is 1. The zero-order chi connectivity index (χ0) is 12.3. The maximum atomic E-state index is 12.0. The normalized spacial score (nSPS) is 23.9. The summed E-state index contributed by atoms with van der Waals surface area (Å²) in [5.41, 5.74) is -0.430. The summed E-state index contributed by atoms with van der Waals surface area (Å²) < 4.78 is 5.43. The van der Waals surface area contributed by atoms with Crippen molar-refractivity contribution >= 4 is 5.91 Å². The van der Waals surface area contributed by atoms with E-state index in [1.54, 1.807) is 6.20 Å². The Morgan fingerprint density at radius 3 is 3.12 bits per heavy atom. The van der Waals surface area contributed by atoms with Gasteiger partial charge in [-0.15, -0.1) is 0 Å². The highest BCUT2D eigenvalue weighted by Gasteiger charge is 2.35. The molecule has 0 spiro atoms. The van der Waals surface area contributed by atoms with Gasteiger partial charge < -0.3 is 15.1 Å². The average Bonchev–Trinajstić information content (AvgIpc) is 2.95. The number of nitrogens with one attached hydrogen (secondary N) is 2. The van der Waals surface area contributed by atoms with Crippen LogP contribution in [0.5, 0.6) is 0 Å². The Morgan fingerprint density at radius 2 is 2.53 bits per heavy atom. The van der Waals surface area contributed by atoms with Crippen molar-refractivity contribution in [3.8, 4) is 0 Å². The minimum Gasteiger partial charge on any atom is -0.444 e. The van der Waals surface area contributed by atoms with Gasteiger partial charge in [0.05, 0.1) is 18.3 Å². The Labute approximate surface area is 101 Å². The van der Waals surface area contributed by atoms with Crippen molar-refractivity contribution in [2.75, 3.05) is 6.54 Å². The highest BCUT2D eigenvalue weighted by atomic mass is 16.4. The smallest absolute Gasteiger partial charge is 0.240 e. The molecule has 0 aliphatic carbocycles. The van der Waals surface area contributed by atoms with E-state index in [1.807, 2.05) is 13.8 Å². The molecule has 0 aromatic carbocycles. The number of carbonyl (C=O) groups excluding carboxylic acids is 1. The van der Waals surface area contributed by atoms with Crippen molar-refractivity contribution in [2.24, 2.45) is 0 Å². The van der Waals surface area contributed by atoms with Gasteiger partial charge >= 0.3 is 0 Å². The molecule has 2 heterocycles.